The third kappa shape index (κ3) is 3.60. The normalized spacial score (nSPS) is 11.5. The second kappa shape index (κ2) is 4.28. The highest BCUT2D eigenvalue weighted by molar-refractivity contribution is 6.40. The van der Waals surface area contributed by atoms with Gasteiger partial charge in [-0.15, -0.1) is 0 Å². The van der Waals surface area contributed by atoms with Crippen molar-refractivity contribution in [3.8, 4) is 0 Å². The summed E-state index contributed by atoms with van der Waals surface area (Å²) in [5.41, 5.74) is 0. The fraction of sp³-hybridized carbons (Fsp3) is 0.333. The number of halogens is 5. The van der Waals surface area contributed by atoms with Gasteiger partial charge in [-0.3, -0.25) is 4.79 Å². The summed E-state index contributed by atoms with van der Waals surface area (Å²) in [4.78, 5) is 16.7. The Bertz CT molecular complexity index is 357. The Hall–Kier alpha value is -0.950. The number of H-pyrrole nitrogens is 1. The van der Waals surface area contributed by atoms with Gasteiger partial charge < -0.3 is 10.3 Å². The molecule has 1 amide bonds. The Balaban J connectivity index is 2.62. The second-order valence-corrected chi connectivity index (χ2v) is 3.22. The summed E-state index contributed by atoms with van der Waals surface area (Å²) >= 11 is 10.8. The molecule has 9 heteroatoms. The summed E-state index contributed by atoms with van der Waals surface area (Å²) in [6.07, 6.45) is -4.48. The quantitative estimate of drug-likeness (QED) is 0.856. The molecular formula is C6H4Cl2F3N3O. The number of aromatic amines is 1. The highest BCUT2D eigenvalue weighted by Crippen LogP contribution is 2.18. The number of alkyl halides is 3. The number of carbonyl (C=O) groups excluding carboxylic acids is 1. The smallest absolute Gasteiger partial charge is 0.340 e. The van der Waals surface area contributed by atoms with E-state index in [-0.39, 0.29) is 16.1 Å². The van der Waals surface area contributed by atoms with Crippen molar-refractivity contribution in [2.75, 3.05) is 6.54 Å². The van der Waals surface area contributed by atoms with Gasteiger partial charge >= 0.3 is 6.18 Å². The molecule has 0 saturated carbocycles. The molecule has 0 aliphatic heterocycles. The van der Waals surface area contributed by atoms with Crippen molar-refractivity contribution in [1.29, 1.82) is 0 Å². The Kier molecular flexibility index (Phi) is 3.46. The molecule has 0 aromatic carbocycles. The van der Waals surface area contributed by atoms with Crippen LogP contribution in [0.25, 0.3) is 0 Å². The van der Waals surface area contributed by atoms with Crippen molar-refractivity contribution in [3.63, 3.8) is 0 Å². The predicted octanol–water partition coefficient (Wildman–Crippen LogP) is 2.01. The van der Waals surface area contributed by atoms with Crippen LogP contribution in [-0.2, 0) is 0 Å². The van der Waals surface area contributed by atoms with Crippen LogP contribution in [0.3, 0.4) is 0 Å². The molecule has 0 radical (unpaired) electrons. The maximum Gasteiger partial charge on any atom is 0.405 e. The Morgan fingerprint density at radius 1 is 1.47 bits per heavy atom. The number of imidazole rings is 1. The first kappa shape index (κ1) is 12.1. The Morgan fingerprint density at radius 3 is 2.47 bits per heavy atom. The third-order valence-electron chi connectivity index (χ3n) is 1.28. The molecule has 1 rings (SSSR count). The van der Waals surface area contributed by atoms with Gasteiger partial charge in [-0.25, -0.2) is 4.98 Å². The van der Waals surface area contributed by atoms with E-state index in [2.05, 4.69) is 9.97 Å². The maximum absolute atomic E-state index is 11.7. The van der Waals surface area contributed by atoms with Crippen molar-refractivity contribution in [3.05, 3.63) is 16.1 Å². The fourth-order valence-corrected chi connectivity index (χ4v) is 0.966. The molecule has 1 aromatic rings. The standard InChI is InChI=1S/C6H4Cl2F3N3O/c7-2-3(8)14-4(13-2)5(15)12-1-6(9,10)11/h1H2,(H,12,15)(H,13,14). The molecule has 1 heterocycles. The molecule has 0 fully saturated rings. The first-order valence-corrected chi connectivity index (χ1v) is 4.31. The van der Waals surface area contributed by atoms with E-state index in [0.717, 1.165) is 0 Å². The molecule has 0 spiro atoms. The number of amides is 1. The van der Waals surface area contributed by atoms with E-state index in [1.807, 2.05) is 0 Å². The molecule has 0 bridgehead atoms. The van der Waals surface area contributed by atoms with Gasteiger partial charge in [0, 0.05) is 0 Å². The minimum atomic E-state index is -4.48. The summed E-state index contributed by atoms with van der Waals surface area (Å²) < 4.78 is 35.2. The number of rotatable bonds is 2. The number of nitrogens with one attached hydrogen (secondary N) is 2. The summed E-state index contributed by atoms with van der Waals surface area (Å²) in [5.74, 6) is -1.39. The van der Waals surface area contributed by atoms with E-state index >= 15 is 0 Å². The number of nitrogens with zero attached hydrogens (tertiary/aromatic N) is 1. The number of hydrogen-bond donors (Lipinski definition) is 2. The van der Waals surface area contributed by atoms with Gasteiger partial charge in [-0.2, -0.15) is 13.2 Å². The number of carbonyl (C=O) groups is 1. The lowest BCUT2D eigenvalue weighted by molar-refractivity contribution is -0.123. The second-order valence-electron chi connectivity index (χ2n) is 2.49. The first-order valence-electron chi connectivity index (χ1n) is 3.55. The van der Waals surface area contributed by atoms with Crippen LogP contribution >= 0.6 is 23.2 Å². The molecule has 2 N–H and O–H groups in total. The Labute approximate surface area is 91.8 Å². The molecule has 0 aliphatic rings. The van der Waals surface area contributed by atoms with E-state index in [0.29, 0.717) is 0 Å². The van der Waals surface area contributed by atoms with Crippen molar-refractivity contribution < 1.29 is 18.0 Å². The minimum Gasteiger partial charge on any atom is -0.340 e. The average Bonchev–Trinajstić information content (AvgIpc) is 2.42. The topological polar surface area (TPSA) is 57.8 Å². The average molecular weight is 262 g/mol. The van der Waals surface area contributed by atoms with Gasteiger partial charge in [0.1, 0.15) is 11.7 Å². The monoisotopic (exact) mass is 261 g/mol. The molecule has 0 atom stereocenters. The van der Waals surface area contributed by atoms with Gasteiger partial charge in [0.15, 0.2) is 11.0 Å². The van der Waals surface area contributed by atoms with Crippen LogP contribution in [0.2, 0.25) is 10.3 Å². The highest BCUT2D eigenvalue weighted by atomic mass is 35.5. The number of hydrogen-bond acceptors (Lipinski definition) is 2. The fourth-order valence-electron chi connectivity index (χ4n) is 0.702. The number of aromatic nitrogens is 2. The zero-order valence-corrected chi connectivity index (χ0v) is 8.46. The molecule has 4 nitrogen and oxygen atoms in total. The first-order chi connectivity index (χ1) is 6.79. The van der Waals surface area contributed by atoms with Crippen molar-refractivity contribution in [2.24, 2.45) is 0 Å². The van der Waals surface area contributed by atoms with E-state index in [4.69, 9.17) is 23.2 Å². The van der Waals surface area contributed by atoms with E-state index < -0.39 is 18.6 Å². The molecule has 84 valence electrons. The third-order valence-corrected chi connectivity index (χ3v) is 1.93. The van der Waals surface area contributed by atoms with Crippen LogP contribution < -0.4 is 5.32 Å². The van der Waals surface area contributed by atoms with Gasteiger partial charge in [0.2, 0.25) is 0 Å². The summed E-state index contributed by atoms with van der Waals surface area (Å²) in [6, 6.07) is 0. The van der Waals surface area contributed by atoms with E-state index in [1.54, 1.807) is 5.32 Å². The molecular weight excluding hydrogens is 258 g/mol. The SMILES string of the molecule is O=C(NCC(F)(F)F)c1nc(Cl)c(Cl)[nH]1. The van der Waals surface area contributed by atoms with Gasteiger partial charge in [-0.05, 0) is 0 Å². The molecule has 1 aromatic heterocycles. The Morgan fingerprint density at radius 2 is 2.07 bits per heavy atom. The summed E-state index contributed by atoms with van der Waals surface area (Å²) in [5, 5.41) is 1.33. The zero-order valence-electron chi connectivity index (χ0n) is 6.95. The largest absolute Gasteiger partial charge is 0.405 e. The van der Waals surface area contributed by atoms with Crippen LogP contribution in [0.4, 0.5) is 13.2 Å². The molecule has 0 saturated heterocycles. The van der Waals surface area contributed by atoms with Crippen molar-refractivity contribution >= 4 is 29.1 Å². The summed E-state index contributed by atoms with van der Waals surface area (Å²) in [6.45, 7) is -1.44. The minimum absolute atomic E-state index is 0.103. The molecule has 0 aliphatic carbocycles. The van der Waals surface area contributed by atoms with Crippen LogP contribution in [0, 0.1) is 0 Å². The van der Waals surface area contributed by atoms with E-state index in [9.17, 15) is 18.0 Å². The zero-order chi connectivity index (χ0) is 11.6. The van der Waals surface area contributed by atoms with E-state index in [1.165, 1.54) is 0 Å². The predicted molar refractivity (Wildman–Crippen MR) is 47.0 cm³/mol. The van der Waals surface area contributed by atoms with Crippen molar-refractivity contribution in [1.82, 2.24) is 15.3 Å². The lowest BCUT2D eigenvalue weighted by Gasteiger charge is -2.06. The van der Waals surface area contributed by atoms with Gasteiger partial charge in [0.05, 0.1) is 0 Å². The van der Waals surface area contributed by atoms with Gasteiger partial charge in [-0.1, -0.05) is 23.2 Å². The summed E-state index contributed by atoms with van der Waals surface area (Å²) in [7, 11) is 0. The van der Waals surface area contributed by atoms with Crippen LogP contribution in [0.1, 0.15) is 10.6 Å². The molecule has 15 heavy (non-hydrogen) atoms. The van der Waals surface area contributed by atoms with Crippen LogP contribution in [0.5, 0.6) is 0 Å². The van der Waals surface area contributed by atoms with Crippen LogP contribution in [-0.4, -0.2) is 28.6 Å². The van der Waals surface area contributed by atoms with Crippen LogP contribution in [0.15, 0.2) is 0 Å². The maximum atomic E-state index is 11.7. The molecule has 0 unspecified atom stereocenters. The van der Waals surface area contributed by atoms with Gasteiger partial charge in [0.25, 0.3) is 5.91 Å². The lowest BCUT2D eigenvalue weighted by Crippen LogP contribution is -2.34. The highest BCUT2D eigenvalue weighted by Gasteiger charge is 2.28. The lowest BCUT2D eigenvalue weighted by atomic mass is 10.5. The van der Waals surface area contributed by atoms with Crippen molar-refractivity contribution in [2.45, 2.75) is 6.18 Å².